The second-order valence-corrected chi connectivity index (χ2v) is 5.94. The topological polar surface area (TPSA) is 77.2 Å². The van der Waals surface area contributed by atoms with Crippen LogP contribution in [0.15, 0.2) is 63.9 Å². The second-order valence-electron chi connectivity index (χ2n) is 4.89. The number of hydrogen-bond acceptors (Lipinski definition) is 6. The van der Waals surface area contributed by atoms with Crippen LogP contribution in [-0.2, 0) is 11.4 Å². The van der Waals surface area contributed by atoms with Crippen molar-refractivity contribution in [1.29, 1.82) is 0 Å². The zero-order valence-electron chi connectivity index (χ0n) is 13.0. The third kappa shape index (κ3) is 5.32. The zero-order chi connectivity index (χ0) is 17.5. The molecule has 0 saturated heterocycles. The summed E-state index contributed by atoms with van der Waals surface area (Å²) in [4.78, 5) is 12.7. The summed E-state index contributed by atoms with van der Waals surface area (Å²) in [5, 5.41) is 10.1. The third-order valence-corrected chi connectivity index (χ3v) is 4.01. The number of carbonyl (C=O) groups is 1. The molecule has 0 bridgehead atoms. The van der Waals surface area contributed by atoms with Crippen molar-refractivity contribution in [2.45, 2.75) is 11.5 Å². The summed E-state index contributed by atoms with van der Waals surface area (Å²) < 4.78 is 23.6. The van der Waals surface area contributed by atoms with Crippen LogP contribution in [0.1, 0.15) is 5.89 Å². The summed E-state index contributed by atoms with van der Waals surface area (Å²) in [7, 11) is 0. The van der Waals surface area contributed by atoms with Crippen LogP contribution in [0, 0.1) is 5.82 Å². The van der Waals surface area contributed by atoms with E-state index in [1.165, 1.54) is 23.9 Å². The molecule has 1 heterocycles. The van der Waals surface area contributed by atoms with Crippen LogP contribution in [0.5, 0.6) is 5.75 Å². The number of nitrogens with one attached hydrogen (secondary N) is 1. The molecule has 6 nitrogen and oxygen atoms in total. The molecule has 25 heavy (non-hydrogen) atoms. The number of carbonyl (C=O) groups excluding carboxylic acids is 1. The van der Waals surface area contributed by atoms with Gasteiger partial charge in [0.15, 0.2) is 6.61 Å². The molecule has 128 valence electrons. The molecule has 3 rings (SSSR count). The van der Waals surface area contributed by atoms with Crippen molar-refractivity contribution in [3.63, 3.8) is 0 Å². The van der Waals surface area contributed by atoms with Gasteiger partial charge in [-0.1, -0.05) is 23.3 Å². The van der Waals surface area contributed by atoms with Gasteiger partial charge >= 0.3 is 6.01 Å². The average molecular weight is 359 g/mol. The molecule has 0 atom stereocenters. The maximum Gasteiger partial charge on any atom is 0.322 e. The Labute approximate surface area is 147 Å². The Balaban J connectivity index is 1.45. The number of anilines is 1. The van der Waals surface area contributed by atoms with Crippen molar-refractivity contribution >= 4 is 23.7 Å². The maximum absolute atomic E-state index is 12.8. The number of halogens is 1. The number of benzene rings is 2. The van der Waals surface area contributed by atoms with Crippen molar-refractivity contribution in [3.8, 4) is 5.75 Å². The molecule has 1 N–H and O–H groups in total. The standard InChI is InChI=1S/C17H14FN3O3S/c18-12-6-8-14(9-7-12)25-11-15(22)19-17-21-20-16(24-17)10-23-13-4-2-1-3-5-13/h1-9H,10-11H2,(H,19,21,22). The highest BCUT2D eigenvalue weighted by molar-refractivity contribution is 8.00. The highest BCUT2D eigenvalue weighted by Gasteiger charge is 2.11. The first kappa shape index (κ1) is 17.0. The SMILES string of the molecule is O=C(CSc1ccc(F)cc1)Nc1nnc(COc2ccccc2)o1. The molecule has 3 aromatic rings. The molecule has 0 saturated carbocycles. The van der Waals surface area contributed by atoms with E-state index in [1.807, 2.05) is 30.3 Å². The van der Waals surface area contributed by atoms with E-state index in [2.05, 4.69) is 15.5 Å². The van der Waals surface area contributed by atoms with Gasteiger partial charge in [0, 0.05) is 4.90 Å². The number of ether oxygens (including phenoxy) is 1. The minimum absolute atomic E-state index is 0.0105. The maximum atomic E-state index is 12.8. The molecule has 1 amide bonds. The fourth-order valence-electron chi connectivity index (χ4n) is 1.86. The molecule has 0 unspecified atom stereocenters. The summed E-state index contributed by atoms with van der Waals surface area (Å²) >= 11 is 1.28. The van der Waals surface area contributed by atoms with E-state index >= 15 is 0 Å². The fraction of sp³-hybridized carbons (Fsp3) is 0.118. The number of nitrogens with zero attached hydrogens (tertiary/aromatic N) is 2. The number of amides is 1. The van der Waals surface area contributed by atoms with Gasteiger partial charge in [0.25, 0.3) is 5.89 Å². The molecule has 2 aromatic carbocycles. The van der Waals surface area contributed by atoms with Gasteiger partial charge in [-0.05, 0) is 36.4 Å². The lowest BCUT2D eigenvalue weighted by molar-refractivity contribution is -0.113. The quantitative estimate of drug-likeness (QED) is 0.651. The van der Waals surface area contributed by atoms with Gasteiger partial charge in [-0.15, -0.1) is 16.9 Å². The molecule has 0 radical (unpaired) electrons. The number of thioether (sulfide) groups is 1. The zero-order valence-corrected chi connectivity index (χ0v) is 13.8. The molecule has 0 fully saturated rings. The van der Waals surface area contributed by atoms with E-state index in [0.29, 0.717) is 5.75 Å². The molecule has 0 aliphatic carbocycles. The smallest absolute Gasteiger partial charge is 0.322 e. The van der Waals surface area contributed by atoms with Crippen LogP contribution in [-0.4, -0.2) is 21.9 Å². The minimum atomic E-state index is -0.315. The molecule has 0 aliphatic heterocycles. The molecular weight excluding hydrogens is 345 g/mol. The first-order valence-electron chi connectivity index (χ1n) is 7.37. The van der Waals surface area contributed by atoms with Crippen LogP contribution >= 0.6 is 11.8 Å². The predicted octanol–water partition coefficient (Wildman–Crippen LogP) is 3.52. The van der Waals surface area contributed by atoms with Crippen molar-refractivity contribution < 1.29 is 18.3 Å². The highest BCUT2D eigenvalue weighted by Crippen LogP contribution is 2.18. The Kier molecular flexibility index (Phi) is 5.63. The average Bonchev–Trinajstić information content (AvgIpc) is 3.08. The van der Waals surface area contributed by atoms with Gasteiger partial charge in [-0.3, -0.25) is 10.1 Å². The van der Waals surface area contributed by atoms with Crippen molar-refractivity contribution in [1.82, 2.24) is 10.2 Å². The Morgan fingerprint density at radius 2 is 1.88 bits per heavy atom. The molecular formula is C17H14FN3O3S. The van der Waals surface area contributed by atoms with Gasteiger partial charge < -0.3 is 9.15 Å². The first-order valence-corrected chi connectivity index (χ1v) is 8.36. The van der Waals surface area contributed by atoms with Crippen LogP contribution < -0.4 is 10.1 Å². The minimum Gasteiger partial charge on any atom is -0.484 e. The summed E-state index contributed by atoms with van der Waals surface area (Å²) in [6.07, 6.45) is 0. The Morgan fingerprint density at radius 1 is 1.12 bits per heavy atom. The van der Waals surface area contributed by atoms with E-state index in [0.717, 1.165) is 4.90 Å². The summed E-state index contributed by atoms with van der Waals surface area (Å²) in [6, 6.07) is 15.1. The van der Waals surface area contributed by atoms with E-state index in [1.54, 1.807) is 12.1 Å². The number of hydrogen-bond donors (Lipinski definition) is 1. The van der Waals surface area contributed by atoms with Gasteiger partial charge in [0.1, 0.15) is 11.6 Å². The van der Waals surface area contributed by atoms with E-state index in [-0.39, 0.29) is 36.0 Å². The molecule has 0 spiro atoms. The Bertz CT molecular complexity index is 825. The van der Waals surface area contributed by atoms with Crippen molar-refractivity contribution in [2.75, 3.05) is 11.1 Å². The summed E-state index contributed by atoms with van der Waals surface area (Å²) in [5.41, 5.74) is 0. The molecule has 1 aromatic heterocycles. The van der Waals surface area contributed by atoms with Crippen LogP contribution in [0.4, 0.5) is 10.4 Å². The lowest BCUT2D eigenvalue weighted by atomic mass is 10.3. The predicted molar refractivity (Wildman–Crippen MR) is 90.8 cm³/mol. The van der Waals surface area contributed by atoms with Crippen LogP contribution in [0.25, 0.3) is 0 Å². The van der Waals surface area contributed by atoms with Crippen LogP contribution in [0.3, 0.4) is 0 Å². The third-order valence-electron chi connectivity index (χ3n) is 3.00. The molecule has 0 aliphatic rings. The largest absolute Gasteiger partial charge is 0.484 e. The van der Waals surface area contributed by atoms with E-state index in [4.69, 9.17) is 9.15 Å². The monoisotopic (exact) mass is 359 g/mol. The van der Waals surface area contributed by atoms with Gasteiger partial charge in [-0.2, -0.15) is 0 Å². The summed E-state index contributed by atoms with van der Waals surface area (Å²) in [6.45, 7) is 0.108. The lowest BCUT2D eigenvalue weighted by Gasteiger charge is -2.02. The van der Waals surface area contributed by atoms with E-state index < -0.39 is 0 Å². The Hall–Kier alpha value is -2.87. The highest BCUT2D eigenvalue weighted by atomic mass is 32.2. The lowest BCUT2D eigenvalue weighted by Crippen LogP contribution is -2.14. The fourth-order valence-corrected chi connectivity index (χ4v) is 2.56. The normalized spacial score (nSPS) is 10.4. The number of aromatic nitrogens is 2. The number of para-hydroxylation sites is 1. The molecule has 8 heteroatoms. The van der Waals surface area contributed by atoms with Crippen molar-refractivity contribution in [3.05, 3.63) is 66.3 Å². The van der Waals surface area contributed by atoms with Gasteiger partial charge in [0.2, 0.25) is 5.91 Å². The number of rotatable bonds is 7. The summed E-state index contributed by atoms with van der Waals surface area (Å²) in [5.74, 6) is 0.467. The van der Waals surface area contributed by atoms with Gasteiger partial charge in [0.05, 0.1) is 5.75 Å². The first-order chi connectivity index (χ1) is 12.2. The van der Waals surface area contributed by atoms with Crippen LogP contribution in [0.2, 0.25) is 0 Å². The second kappa shape index (κ2) is 8.29. The van der Waals surface area contributed by atoms with E-state index in [9.17, 15) is 9.18 Å². The van der Waals surface area contributed by atoms with Crippen molar-refractivity contribution in [2.24, 2.45) is 0 Å². The Morgan fingerprint density at radius 3 is 2.64 bits per heavy atom. The van der Waals surface area contributed by atoms with Gasteiger partial charge in [-0.25, -0.2) is 4.39 Å².